The van der Waals surface area contributed by atoms with Crippen LogP contribution in [0.3, 0.4) is 0 Å². The highest BCUT2D eigenvalue weighted by Crippen LogP contribution is 2.14. The van der Waals surface area contributed by atoms with Gasteiger partial charge in [0.05, 0.1) is 0 Å². The van der Waals surface area contributed by atoms with Gasteiger partial charge in [0.15, 0.2) is 0 Å². The van der Waals surface area contributed by atoms with Crippen molar-refractivity contribution in [3.05, 3.63) is 23.9 Å². The standard InChI is InChI=1S/C16H29N3/c1-4-7-11-19(12-8-5-2)16-13-15(9-10-18-16)14-17-6-3/h9-10,13,17H,4-8,11-12,14H2,1-3H3. The zero-order valence-corrected chi connectivity index (χ0v) is 12.8. The molecule has 1 aromatic rings. The summed E-state index contributed by atoms with van der Waals surface area (Å²) in [4.78, 5) is 6.98. The van der Waals surface area contributed by atoms with Crippen LogP contribution in [-0.2, 0) is 6.54 Å². The third-order valence-corrected chi connectivity index (χ3v) is 3.28. The molecule has 1 aromatic heterocycles. The van der Waals surface area contributed by atoms with E-state index in [4.69, 9.17) is 0 Å². The molecular weight excluding hydrogens is 234 g/mol. The monoisotopic (exact) mass is 263 g/mol. The number of hydrogen-bond acceptors (Lipinski definition) is 3. The van der Waals surface area contributed by atoms with Crippen LogP contribution >= 0.6 is 0 Å². The van der Waals surface area contributed by atoms with Crippen molar-refractivity contribution in [1.82, 2.24) is 10.3 Å². The van der Waals surface area contributed by atoms with Crippen molar-refractivity contribution in [2.75, 3.05) is 24.5 Å². The highest BCUT2D eigenvalue weighted by molar-refractivity contribution is 5.40. The van der Waals surface area contributed by atoms with Crippen molar-refractivity contribution >= 4 is 5.82 Å². The predicted octanol–water partition coefficient (Wildman–Crippen LogP) is 3.60. The van der Waals surface area contributed by atoms with Crippen LogP contribution in [0.15, 0.2) is 18.3 Å². The van der Waals surface area contributed by atoms with Gasteiger partial charge in [0, 0.05) is 25.8 Å². The molecule has 0 spiro atoms. The number of pyridine rings is 1. The second-order valence-corrected chi connectivity index (χ2v) is 5.00. The summed E-state index contributed by atoms with van der Waals surface area (Å²) >= 11 is 0. The summed E-state index contributed by atoms with van der Waals surface area (Å²) in [5.41, 5.74) is 1.32. The highest BCUT2D eigenvalue weighted by atomic mass is 15.2. The summed E-state index contributed by atoms with van der Waals surface area (Å²) in [5, 5.41) is 3.37. The minimum atomic E-state index is 0.932. The third-order valence-electron chi connectivity index (χ3n) is 3.28. The Hall–Kier alpha value is -1.09. The molecule has 0 saturated carbocycles. The molecule has 0 amide bonds. The van der Waals surface area contributed by atoms with Gasteiger partial charge in [-0.3, -0.25) is 0 Å². The van der Waals surface area contributed by atoms with Crippen molar-refractivity contribution in [1.29, 1.82) is 0 Å². The predicted molar refractivity (Wildman–Crippen MR) is 83.6 cm³/mol. The molecule has 0 aliphatic heterocycles. The molecule has 0 aliphatic rings. The molecule has 0 bridgehead atoms. The number of unbranched alkanes of at least 4 members (excludes halogenated alkanes) is 2. The van der Waals surface area contributed by atoms with E-state index in [0.717, 1.165) is 32.0 Å². The Morgan fingerprint density at radius 3 is 2.37 bits per heavy atom. The van der Waals surface area contributed by atoms with E-state index in [1.807, 2.05) is 6.20 Å². The van der Waals surface area contributed by atoms with E-state index < -0.39 is 0 Å². The van der Waals surface area contributed by atoms with Gasteiger partial charge in [0.1, 0.15) is 5.82 Å². The molecule has 0 fully saturated rings. The first kappa shape index (κ1) is 16.0. The molecule has 0 unspecified atom stereocenters. The van der Waals surface area contributed by atoms with E-state index in [9.17, 15) is 0 Å². The summed E-state index contributed by atoms with van der Waals surface area (Å²) < 4.78 is 0. The minimum absolute atomic E-state index is 0.932. The van der Waals surface area contributed by atoms with Gasteiger partial charge < -0.3 is 10.2 Å². The molecule has 0 atom stereocenters. The Morgan fingerprint density at radius 1 is 1.11 bits per heavy atom. The van der Waals surface area contributed by atoms with Gasteiger partial charge in [-0.25, -0.2) is 4.98 Å². The molecule has 3 nitrogen and oxygen atoms in total. The second-order valence-electron chi connectivity index (χ2n) is 5.00. The first-order valence-electron chi connectivity index (χ1n) is 7.72. The largest absolute Gasteiger partial charge is 0.357 e. The maximum absolute atomic E-state index is 4.55. The first-order chi connectivity index (χ1) is 9.31. The van der Waals surface area contributed by atoms with E-state index >= 15 is 0 Å². The van der Waals surface area contributed by atoms with E-state index in [2.05, 4.69) is 48.1 Å². The van der Waals surface area contributed by atoms with Gasteiger partial charge in [-0.1, -0.05) is 33.6 Å². The van der Waals surface area contributed by atoms with Crippen LogP contribution in [0.4, 0.5) is 5.82 Å². The molecule has 3 heteroatoms. The number of aromatic nitrogens is 1. The van der Waals surface area contributed by atoms with Crippen LogP contribution in [0.2, 0.25) is 0 Å². The zero-order valence-electron chi connectivity index (χ0n) is 12.8. The molecule has 0 aromatic carbocycles. The van der Waals surface area contributed by atoms with Gasteiger partial charge in [0.25, 0.3) is 0 Å². The maximum atomic E-state index is 4.55. The Labute approximate surface area is 118 Å². The van der Waals surface area contributed by atoms with Crippen molar-refractivity contribution in [2.45, 2.75) is 53.0 Å². The first-order valence-corrected chi connectivity index (χ1v) is 7.72. The molecule has 19 heavy (non-hydrogen) atoms. The van der Waals surface area contributed by atoms with Crippen molar-refractivity contribution in [3.8, 4) is 0 Å². The summed E-state index contributed by atoms with van der Waals surface area (Å²) in [7, 11) is 0. The molecule has 1 heterocycles. The summed E-state index contributed by atoms with van der Waals surface area (Å²) in [6, 6.07) is 4.33. The van der Waals surface area contributed by atoms with Gasteiger partial charge >= 0.3 is 0 Å². The number of nitrogens with one attached hydrogen (secondary N) is 1. The van der Waals surface area contributed by atoms with Crippen LogP contribution in [0, 0.1) is 0 Å². The topological polar surface area (TPSA) is 28.2 Å². The fourth-order valence-corrected chi connectivity index (χ4v) is 2.05. The molecule has 1 N–H and O–H groups in total. The number of nitrogens with zero attached hydrogens (tertiary/aromatic N) is 2. The lowest BCUT2D eigenvalue weighted by Crippen LogP contribution is -2.26. The molecular formula is C16H29N3. The maximum Gasteiger partial charge on any atom is 0.128 e. The lowest BCUT2D eigenvalue weighted by atomic mass is 10.2. The number of anilines is 1. The second kappa shape index (κ2) is 9.79. The fourth-order valence-electron chi connectivity index (χ4n) is 2.05. The van der Waals surface area contributed by atoms with Crippen molar-refractivity contribution in [3.63, 3.8) is 0 Å². The SMILES string of the molecule is CCCCN(CCCC)c1cc(CNCC)ccn1. The Kier molecular flexibility index (Phi) is 8.23. The molecule has 0 aliphatic carbocycles. The van der Waals surface area contributed by atoms with E-state index in [0.29, 0.717) is 0 Å². The van der Waals surface area contributed by atoms with Gasteiger partial charge in [0.2, 0.25) is 0 Å². The van der Waals surface area contributed by atoms with Crippen molar-refractivity contribution in [2.24, 2.45) is 0 Å². The molecule has 1 rings (SSSR count). The van der Waals surface area contributed by atoms with Crippen LogP contribution in [0.25, 0.3) is 0 Å². The smallest absolute Gasteiger partial charge is 0.128 e. The third kappa shape index (κ3) is 6.06. The number of rotatable bonds is 10. The van der Waals surface area contributed by atoms with E-state index in [-0.39, 0.29) is 0 Å². The summed E-state index contributed by atoms with van der Waals surface area (Å²) in [6.45, 7) is 10.8. The summed E-state index contributed by atoms with van der Waals surface area (Å²) in [5.74, 6) is 1.14. The van der Waals surface area contributed by atoms with Crippen LogP contribution in [-0.4, -0.2) is 24.6 Å². The van der Waals surface area contributed by atoms with Gasteiger partial charge in [-0.05, 0) is 37.1 Å². The Balaban J connectivity index is 2.69. The van der Waals surface area contributed by atoms with Gasteiger partial charge in [-0.2, -0.15) is 0 Å². The van der Waals surface area contributed by atoms with E-state index in [1.54, 1.807) is 0 Å². The number of hydrogen-bond donors (Lipinski definition) is 1. The van der Waals surface area contributed by atoms with Crippen molar-refractivity contribution < 1.29 is 0 Å². The molecule has 0 saturated heterocycles. The van der Waals surface area contributed by atoms with E-state index in [1.165, 1.54) is 31.2 Å². The molecule has 108 valence electrons. The Bertz CT molecular complexity index is 331. The quantitative estimate of drug-likeness (QED) is 0.699. The van der Waals surface area contributed by atoms with Gasteiger partial charge in [-0.15, -0.1) is 0 Å². The normalized spacial score (nSPS) is 10.7. The van der Waals surface area contributed by atoms with Crippen LogP contribution in [0.5, 0.6) is 0 Å². The minimum Gasteiger partial charge on any atom is -0.357 e. The molecule has 0 radical (unpaired) electrons. The average molecular weight is 263 g/mol. The average Bonchev–Trinajstić information content (AvgIpc) is 2.45. The zero-order chi connectivity index (χ0) is 13.9. The summed E-state index contributed by atoms with van der Waals surface area (Å²) in [6.07, 6.45) is 6.89. The Morgan fingerprint density at radius 2 is 1.79 bits per heavy atom. The van der Waals surface area contributed by atoms with Crippen LogP contribution in [0.1, 0.15) is 52.0 Å². The lowest BCUT2D eigenvalue weighted by Gasteiger charge is -2.24. The lowest BCUT2D eigenvalue weighted by molar-refractivity contribution is 0.669. The fraction of sp³-hybridized carbons (Fsp3) is 0.688. The van der Waals surface area contributed by atoms with Crippen LogP contribution < -0.4 is 10.2 Å². The highest BCUT2D eigenvalue weighted by Gasteiger charge is 2.07.